The zero-order chi connectivity index (χ0) is 18.2. The van der Waals surface area contributed by atoms with E-state index in [-0.39, 0.29) is 12.7 Å². The van der Waals surface area contributed by atoms with Crippen molar-refractivity contribution in [1.29, 1.82) is 0 Å². The van der Waals surface area contributed by atoms with Crippen LogP contribution in [0, 0.1) is 0 Å². The first-order valence-corrected chi connectivity index (χ1v) is 9.29. The monoisotopic (exact) mass is 401 g/mol. The summed E-state index contributed by atoms with van der Waals surface area (Å²) >= 11 is 17.9. The van der Waals surface area contributed by atoms with E-state index < -0.39 is 6.10 Å². The van der Waals surface area contributed by atoms with Gasteiger partial charge in [-0.25, -0.2) is 0 Å². The van der Waals surface area contributed by atoms with Crippen LogP contribution < -0.4 is 5.32 Å². The molecule has 0 saturated heterocycles. The number of nitrogens with one attached hydrogen (secondary N) is 1. The lowest BCUT2D eigenvalue weighted by Gasteiger charge is -2.17. The van der Waals surface area contributed by atoms with Crippen LogP contribution in [0.2, 0.25) is 15.1 Å². The fourth-order valence-corrected chi connectivity index (χ4v) is 2.99. The van der Waals surface area contributed by atoms with Gasteiger partial charge >= 0.3 is 0 Å². The Labute approximate surface area is 163 Å². The Bertz CT molecular complexity index is 664. The molecular weight excluding hydrogens is 381 g/mol. The molecule has 0 aliphatic carbocycles. The first-order chi connectivity index (χ1) is 12.0. The second kappa shape index (κ2) is 10.4. The van der Waals surface area contributed by atoms with Gasteiger partial charge in [0.1, 0.15) is 0 Å². The molecule has 0 heterocycles. The van der Waals surface area contributed by atoms with Crippen LogP contribution in [0.5, 0.6) is 0 Å². The predicted molar refractivity (Wildman–Crippen MR) is 105 cm³/mol. The second-order valence-electron chi connectivity index (χ2n) is 5.87. The minimum absolute atomic E-state index is 0.0974. The minimum Gasteiger partial charge on any atom is -0.389 e. The highest BCUT2D eigenvalue weighted by molar-refractivity contribution is 6.35. The van der Waals surface area contributed by atoms with Gasteiger partial charge in [-0.1, -0.05) is 53.0 Å². The highest BCUT2D eigenvalue weighted by Gasteiger charge is 2.10. The normalized spacial score (nSPS) is 13.6. The van der Waals surface area contributed by atoms with Crippen LogP contribution in [-0.4, -0.2) is 30.9 Å². The SMILES string of the molecule is CC(OCC(O)CNCCc1ccc(Cl)cc1Cl)c1ccc(Cl)cc1. The number of benzene rings is 2. The molecule has 3 nitrogen and oxygen atoms in total. The molecule has 25 heavy (non-hydrogen) atoms. The van der Waals surface area contributed by atoms with Crippen molar-refractivity contribution in [3.63, 3.8) is 0 Å². The third kappa shape index (κ3) is 7.14. The molecule has 0 amide bonds. The number of halogens is 3. The van der Waals surface area contributed by atoms with E-state index in [2.05, 4.69) is 5.32 Å². The summed E-state index contributed by atoms with van der Waals surface area (Å²) in [5.41, 5.74) is 2.06. The Balaban J connectivity index is 1.65. The van der Waals surface area contributed by atoms with Crippen molar-refractivity contribution in [3.8, 4) is 0 Å². The topological polar surface area (TPSA) is 41.5 Å². The van der Waals surface area contributed by atoms with E-state index in [9.17, 15) is 5.11 Å². The summed E-state index contributed by atoms with van der Waals surface area (Å²) in [7, 11) is 0. The maximum absolute atomic E-state index is 10.0. The minimum atomic E-state index is -0.574. The lowest BCUT2D eigenvalue weighted by molar-refractivity contribution is -0.00192. The third-order valence-electron chi connectivity index (χ3n) is 3.84. The van der Waals surface area contributed by atoms with E-state index in [0.717, 1.165) is 17.5 Å². The van der Waals surface area contributed by atoms with Gasteiger partial charge in [-0.3, -0.25) is 0 Å². The number of hydrogen-bond acceptors (Lipinski definition) is 3. The van der Waals surface area contributed by atoms with Crippen molar-refractivity contribution in [2.45, 2.75) is 25.6 Å². The summed E-state index contributed by atoms with van der Waals surface area (Å²) in [5.74, 6) is 0. The van der Waals surface area contributed by atoms with Crippen molar-refractivity contribution in [2.24, 2.45) is 0 Å². The van der Waals surface area contributed by atoms with Gasteiger partial charge in [0, 0.05) is 21.6 Å². The van der Waals surface area contributed by atoms with E-state index in [4.69, 9.17) is 39.5 Å². The smallest absolute Gasteiger partial charge is 0.0897 e. The molecule has 2 unspecified atom stereocenters. The molecule has 2 N–H and O–H groups in total. The average Bonchev–Trinajstić information content (AvgIpc) is 2.58. The van der Waals surface area contributed by atoms with Crippen LogP contribution in [0.15, 0.2) is 42.5 Å². The first kappa shape index (κ1) is 20.5. The molecular formula is C19H22Cl3NO2. The Hall–Kier alpha value is -0.810. The second-order valence-corrected chi connectivity index (χ2v) is 7.15. The van der Waals surface area contributed by atoms with Crippen LogP contribution >= 0.6 is 34.8 Å². The lowest BCUT2D eigenvalue weighted by atomic mass is 10.1. The van der Waals surface area contributed by atoms with Gasteiger partial charge in [-0.05, 0) is 55.3 Å². The summed E-state index contributed by atoms with van der Waals surface area (Å²) < 4.78 is 5.71. The van der Waals surface area contributed by atoms with Gasteiger partial charge in [0.25, 0.3) is 0 Å². The van der Waals surface area contributed by atoms with Crippen molar-refractivity contribution in [1.82, 2.24) is 5.32 Å². The molecule has 0 spiro atoms. The van der Waals surface area contributed by atoms with Crippen molar-refractivity contribution in [2.75, 3.05) is 19.7 Å². The van der Waals surface area contributed by atoms with Crippen molar-refractivity contribution < 1.29 is 9.84 Å². The summed E-state index contributed by atoms with van der Waals surface area (Å²) in [5, 5.41) is 15.2. The van der Waals surface area contributed by atoms with Crippen LogP contribution in [0.4, 0.5) is 0 Å². The number of ether oxygens (including phenoxy) is 1. The average molecular weight is 403 g/mol. The van der Waals surface area contributed by atoms with E-state index in [1.54, 1.807) is 6.07 Å². The summed E-state index contributed by atoms with van der Waals surface area (Å²) in [6.45, 7) is 3.38. The number of aliphatic hydroxyl groups excluding tert-OH is 1. The Morgan fingerprint density at radius 3 is 2.40 bits per heavy atom. The Kier molecular flexibility index (Phi) is 8.50. The molecule has 0 radical (unpaired) electrons. The van der Waals surface area contributed by atoms with Gasteiger partial charge in [0.15, 0.2) is 0 Å². The Morgan fingerprint density at radius 2 is 1.72 bits per heavy atom. The maximum atomic E-state index is 10.0. The molecule has 0 aromatic heterocycles. The standard InChI is InChI=1S/C19H22Cl3NO2/c1-13(14-2-5-16(20)6-3-14)25-12-18(24)11-23-9-8-15-4-7-17(21)10-19(15)22/h2-7,10,13,18,23-24H,8-9,11-12H2,1H3. The van der Waals surface area contributed by atoms with Crippen LogP contribution in [0.25, 0.3) is 0 Å². The Morgan fingerprint density at radius 1 is 1.04 bits per heavy atom. The van der Waals surface area contributed by atoms with Gasteiger partial charge in [0.05, 0.1) is 18.8 Å². The molecule has 0 saturated carbocycles. The highest BCUT2D eigenvalue weighted by Crippen LogP contribution is 2.21. The summed E-state index contributed by atoms with van der Waals surface area (Å²) in [6.07, 6.45) is 0.0975. The van der Waals surface area contributed by atoms with E-state index >= 15 is 0 Å². The predicted octanol–water partition coefficient (Wildman–Crippen LogP) is 4.92. The summed E-state index contributed by atoms with van der Waals surface area (Å²) in [6, 6.07) is 13.0. The van der Waals surface area contributed by atoms with Gasteiger partial charge < -0.3 is 15.2 Å². The first-order valence-electron chi connectivity index (χ1n) is 8.15. The fourth-order valence-electron chi connectivity index (χ4n) is 2.36. The molecule has 2 rings (SSSR count). The molecule has 0 aliphatic rings. The molecule has 0 fully saturated rings. The van der Waals surface area contributed by atoms with E-state index in [0.29, 0.717) is 28.2 Å². The molecule has 136 valence electrons. The van der Waals surface area contributed by atoms with Crippen LogP contribution in [-0.2, 0) is 11.2 Å². The largest absolute Gasteiger partial charge is 0.389 e. The number of rotatable bonds is 9. The third-order valence-corrected chi connectivity index (χ3v) is 4.68. The van der Waals surface area contributed by atoms with Crippen LogP contribution in [0.3, 0.4) is 0 Å². The highest BCUT2D eigenvalue weighted by atomic mass is 35.5. The zero-order valence-corrected chi connectivity index (χ0v) is 16.3. The van der Waals surface area contributed by atoms with Crippen molar-refractivity contribution >= 4 is 34.8 Å². The van der Waals surface area contributed by atoms with Gasteiger partial charge in [-0.15, -0.1) is 0 Å². The van der Waals surface area contributed by atoms with Crippen molar-refractivity contribution in [3.05, 3.63) is 68.7 Å². The molecule has 0 aliphatic heterocycles. The molecule has 2 aromatic carbocycles. The van der Waals surface area contributed by atoms with Crippen LogP contribution in [0.1, 0.15) is 24.2 Å². The molecule has 2 atom stereocenters. The van der Waals surface area contributed by atoms with E-state index in [1.807, 2.05) is 43.3 Å². The number of aliphatic hydroxyl groups is 1. The van der Waals surface area contributed by atoms with Gasteiger partial charge in [0.2, 0.25) is 0 Å². The fraction of sp³-hybridized carbons (Fsp3) is 0.368. The number of hydrogen-bond donors (Lipinski definition) is 2. The molecule has 2 aromatic rings. The zero-order valence-electron chi connectivity index (χ0n) is 14.0. The lowest BCUT2D eigenvalue weighted by Crippen LogP contribution is -2.32. The van der Waals surface area contributed by atoms with E-state index in [1.165, 1.54) is 0 Å². The van der Waals surface area contributed by atoms with Gasteiger partial charge in [-0.2, -0.15) is 0 Å². The molecule has 0 bridgehead atoms. The quantitative estimate of drug-likeness (QED) is 0.585. The summed E-state index contributed by atoms with van der Waals surface area (Å²) in [4.78, 5) is 0. The molecule has 6 heteroatoms. The maximum Gasteiger partial charge on any atom is 0.0897 e.